The fraction of sp³-hybridized carbons (Fsp3) is 0.542. The third-order valence-electron chi connectivity index (χ3n) is 5.69. The van der Waals surface area contributed by atoms with Gasteiger partial charge >= 0.3 is 5.97 Å². The molecule has 2 aliphatic heterocycles. The second kappa shape index (κ2) is 10.8. The van der Waals surface area contributed by atoms with Crippen molar-refractivity contribution in [1.29, 1.82) is 0 Å². The van der Waals surface area contributed by atoms with Crippen molar-refractivity contribution < 1.29 is 23.4 Å². The van der Waals surface area contributed by atoms with E-state index < -0.39 is 33.0 Å². The molecule has 2 N–H and O–H groups in total. The predicted octanol–water partition coefficient (Wildman–Crippen LogP) is 5.07. The van der Waals surface area contributed by atoms with E-state index in [0.717, 1.165) is 29.1 Å². The summed E-state index contributed by atoms with van der Waals surface area (Å²) >= 11 is 0. The Hall–Kier alpha value is -1.57. The molecule has 0 saturated carbocycles. The van der Waals surface area contributed by atoms with E-state index in [0.29, 0.717) is 29.1 Å². The summed E-state index contributed by atoms with van der Waals surface area (Å²) in [5, 5.41) is 18.5. The van der Waals surface area contributed by atoms with Crippen molar-refractivity contribution in [3.63, 3.8) is 0 Å². The summed E-state index contributed by atoms with van der Waals surface area (Å²) in [5.74, 6) is -0.821. The van der Waals surface area contributed by atoms with Crippen LogP contribution in [0.25, 0.3) is 0 Å². The first kappa shape index (κ1) is 25.7. The first-order valence-corrected chi connectivity index (χ1v) is 12.9. The Balaban J connectivity index is 1.80. The summed E-state index contributed by atoms with van der Waals surface area (Å²) in [6.45, 7) is 7.58. The molecule has 0 spiro atoms. The topological polar surface area (TPSA) is 91.7 Å². The Kier molecular flexibility index (Phi) is 8.98. The van der Waals surface area contributed by atoms with Gasteiger partial charge in [-0.15, -0.1) is 0 Å². The molecule has 0 bridgehead atoms. The Bertz CT molecular complexity index is 901. The van der Waals surface area contributed by atoms with Crippen molar-refractivity contribution in [2.45, 2.75) is 66.2 Å². The minimum atomic E-state index is -1.25. The first-order valence-electron chi connectivity index (χ1n) is 10.6. The fourth-order valence-corrected chi connectivity index (χ4v) is 5.70. The second-order valence-electron chi connectivity index (χ2n) is 9.49. The SMILES string of the molecule is CC(C)(CO)CCCC1=CC=C(C=CC2=CC=C(CCCC(C)(C)C(=O)O)S2=O)S1=O. The van der Waals surface area contributed by atoms with Crippen molar-refractivity contribution in [3.8, 4) is 0 Å². The van der Waals surface area contributed by atoms with E-state index in [1.807, 2.05) is 38.2 Å². The van der Waals surface area contributed by atoms with Crippen LogP contribution >= 0.6 is 0 Å². The highest BCUT2D eigenvalue weighted by molar-refractivity contribution is 7.93. The number of aliphatic hydroxyl groups excluding tert-OH is 1. The third-order valence-corrected chi connectivity index (χ3v) is 8.73. The van der Waals surface area contributed by atoms with Crippen LogP contribution in [-0.2, 0) is 26.4 Å². The Morgan fingerprint density at radius 3 is 1.74 bits per heavy atom. The molecule has 7 heteroatoms. The molecule has 0 aromatic heterocycles. The van der Waals surface area contributed by atoms with Gasteiger partial charge in [-0.05, 0) is 94.2 Å². The molecule has 0 fully saturated rings. The van der Waals surface area contributed by atoms with Crippen molar-refractivity contribution in [2.75, 3.05) is 6.61 Å². The van der Waals surface area contributed by atoms with Crippen molar-refractivity contribution in [2.24, 2.45) is 10.8 Å². The Labute approximate surface area is 190 Å². The maximum absolute atomic E-state index is 12.7. The molecular formula is C24H34O5S2. The van der Waals surface area contributed by atoms with Gasteiger partial charge in [-0.2, -0.15) is 0 Å². The molecule has 172 valence electrons. The number of hydrogen-bond donors (Lipinski definition) is 2. The number of aliphatic carboxylic acids is 1. The van der Waals surface area contributed by atoms with Gasteiger partial charge in [0, 0.05) is 26.2 Å². The van der Waals surface area contributed by atoms with Gasteiger partial charge in [-0.3, -0.25) is 4.79 Å². The molecule has 2 rings (SSSR count). The molecule has 0 aromatic rings. The number of hydrogen-bond acceptors (Lipinski definition) is 4. The van der Waals surface area contributed by atoms with Gasteiger partial charge in [0.15, 0.2) is 0 Å². The molecule has 2 heterocycles. The summed E-state index contributed by atoms with van der Waals surface area (Å²) in [6.07, 6.45) is 15.2. The lowest BCUT2D eigenvalue weighted by Crippen LogP contribution is -2.23. The Morgan fingerprint density at radius 2 is 1.32 bits per heavy atom. The normalized spacial score (nSPS) is 21.8. The van der Waals surface area contributed by atoms with E-state index in [1.54, 1.807) is 26.0 Å². The number of aliphatic hydroxyl groups is 1. The van der Waals surface area contributed by atoms with Gasteiger partial charge in [-0.25, -0.2) is 8.42 Å². The minimum absolute atomic E-state index is 0.121. The van der Waals surface area contributed by atoms with Crippen LogP contribution in [0.3, 0.4) is 0 Å². The lowest BCUT2D eigenvalue weighted by molar-refractivity contribution is -0.147. The van der Waals surface area contributed by atoms with Gasteiger partial charge in [0.1, 0.15) is 0 Å². The third kappa shape index (κ3) is 7.22. The zero-order valence-corrected chi connectivity index (χ0v) is 20.5. The molecule has 0 saturated heterocycles. The predicted molar refractivity (Wildman–Crippen MR) is 128 cm³/mol. The molecule has 31 heavy (non-hydrogen) atoms. The van der Waals surface area contributed by atoms with Crippen LogP contribution in [0.2, 0.25) is 0 Å². The average molecular weight is 467 g/mol. The molecule has 2 unspecified atom stereocenters. The molecule has 2 atom stereocenters. The number of carboxylic acids is 1. The van der Waals surface area contributed by atoms with Crippen LogP contribution in [-0.4, -0.2) is 31.2 Å². The van der Waals surface area contributed by atoms with Gasteiger partial charge < -0.3 is 10.2 Å². The molecular weight excluding hydrogens is 432 g/mol. The summed E-state index contributed by atoms with van der Waals surface area (Å²) in [5.41, 5.74) is -0.904. The first-order chi connectivity index (χ1) is 14.5. The standard InChI is InChI=1S/C24H34O5S2/c1-23(2,17-25)15-5-7-18-9-11-20(30(18)28)13-14-21-12-10-19(31(21)29)8-6-16-24(3,4)22(26)27/h9-14,25H,5-8,15-17H2,1-4H3,(H,26,27). The molecule has 0 aliphatic carbocycles. The lowest BCUT2D eigenvalue weighted by Gasteiger charge is -2.21. The van der Waals surface area contributed by atoms with E-state index in [-0.39, 0.29) is 12.0 Å². The number of carboxylic acid groups (broad SMARTS) is 1. The van der Waals surface area contributed by atoms with E-state index in [9.17, 15) is 23.4 Å². The van der Waals surface area contributed by atoms with Crippen LogP contribution in [0.15, 0.2) is 56.1 Å². The molecule has 0 radical (unpaired) electrons. The van der Waals surface area contributed by atoms with Crippen molar-refractivity contribution in [3.05, 3.63) is 56.1 Å². The van der Waals surface area contributed by atoms with Crippen LogP contribution in [0, 0.1) is 10.8 Å². The van der Waals surface area contributed by atoms with E-state index in [4.69, 9.17) is 0 Å². The smallest absolute Gasteiger partial charge is 0.309 e. The van der Waals surface area contributed by atoms with Gasteiger partial charge in [-0.1, -0.05) is 13.8 Å². The quantitative estimate of drug-likeness (QED) is 0.419. The van der Waals surface area contributed by atoms with Gasteiger partial charge in [0.2, 0.25) is 0 Å². The largest absolute Gasteiger partial charge is 0.481 e. The second-order valence-corrected chi connectivity index (χ2v) is 12.6. The molecule has 2 aliphatic rings. The summed E-state index contributed by atoms with van der Waals surface area (Å²) in [7, 11) is -2.45. The zero-order chi connectivity index (χ0) is 23.2. The van der Waals surface area contributed by atoms with Gasteiger partial charge in [0.05, 0.1) is 27.0 Å². The lowest BCUT2D eigenvalue weighted by atomic mass is 9.87. The van der Waals surface area contributed by atoms with Crippen LogP contribution in [0.5, 0.6) is 0 Å². The van der Waals surface area contributed by atoms with Gasteiger partial charge in [0.25, 0.3) is 0 Å². The number of rotatable bonds is 12. The number of carbonyl (C=O) groups is 1. The van der Waals surface area contributed by atoms with Crippen LogP contribution in [0.1, 0.15) is 66.2 Å². The van der Waals surface area contributed by atoms with E-state index in [2.05, 4.69) is 0 Å². The fourth-order valence-electron chi connectivity index (χ4n) is 3.28. The monoisotopic (exact) mass is 466 g/mol. The van der Waals surface area contributed by atoms with Crippen LogP contribution < -0.4 is 0 Å². The van der Waals surface area contributed by atoms with Crippen LogP contribution in [0.4, 0.5) is 0 Å². The summed E-state index contributed by atoms with van der Waals surface area (Å²) in [4.78, 5) is 14.3. The highest BCUT2D eigenvalue weighted by Crippen LogP contribution is 2.31. The average Bonchev–Trinajstić information content (AvgIpc) is 3.23. The maximum Gasteiger partial charge on any atom is 0.309 e. The molecule has 5 nitrogen and oxygen atoms in total. The summed E-state index contributed by atoms with van der Waals surface area (Å²) < 4.78 is 25.4. The van der Waals surface area contributed by atoms with Crippen molar-refractivity contribution in [1.82, 2.24) is 0 Å². The Morgan fingerprint density at radius 1 is 0.871 bits per heavy atom. The number of allylic oxidation sites excluding steroid dienone is 8. The minimum Gasteiger partial charge on any atom is -0.481 e. The molecule has 0 aromatic carbocycles. The van der Waals surface area contributed by atoms with E-state index >= 15 is 0 Å². The summed E-state index contributed by atoms with van der Waals surface area (Å²) in [6, 6.07) is 0. The van der Waals surface area contributed by atoms with Crippen molar-refractivity contribution >= 4 is 27.6 Å². The maximum atomic E-state index is 12.7. The van der Waals surface area contributed by atoms with E-state index in [1.165, 1.54) is 0 Å². The highest BCUT2D eigenvalue weighted by Gasteiger charge is 2.27. The molecule has 0 amide bonds. The highest BCUT2D eigenvalue weighted by atomic mass is 32.2. The zero-order valence-electron chi connectivity index (χ0n) is 18.8.